The van der Waals surface area contributed by atoms with Crippen molar-refractivity contribution in [3.8, 4) is 0 Å². The van der Waals surface area contributed by atoms with E-state index in [0.29, 0.717) is 10.8 Å². The number of carbonyl (C=O) groups is 1. The van der Waals surface area contributed by atoms with Crippen LogP contribution in [0, 0.1) is 0 Å². The van der Waals surface area contributed by atoms with Gasteiger partial charge in [-0.05, 0) is 41.4 Å². The van der Waals surface area contributed by atoms with Crippen LogP contribution in [0.15, 0.2) is 29.0 Å². The Morgan fingerprint density at radius 1 is 1.42 bits per heavy atom. The molecule has 100 valence electrons. The first-order chi connectivity index (χ1) is 9.11. The fraction of sp³-hybridized carbons (Fsp3) is 0.231. The molecule has 0 aliphatic rings. The van der Waals surface area contributed by atoms with Crippen molar-refractivity contribution in [3.05, 3.63) is 45.2 Å². The predicted molar refractivity (Wildman–Crippen MR) is 79.0 cm³/mol. The number of halogens is 1. The van der Waals surface area contributed by atoms with Crippen molar-refractivity contribution >= 4 is 34.7 Å². The van der Waals surface area contributed by atoms with E-state index in [1.54, 1.807) is 30.5 Å². The van der Waals surface area contributed by atoms with Crippen molar-refractivity contribution in [2.75, 3.05) is 12.4 Å². The Kier molecular flexibility index (Phi) is 4.39. The van der Waals surface area contributed by atoms with Gasteiger partial charge in [0.25, 0.3) is 5.91 Å². The minimum absolute atomic E-state index is 0.0742. The number of thiophene rings is 1. The van der Waals surface area contributed by atoms with Crippen molar-refractivity contribution in [2.45, 2.75) is 13.0 Å². The average Bonchev–Trinajstić information content (AvgIpc) is 2.93. The second kappa shape index (κ2) is 6.04. The van der Waals surface area contributed by atoms with Crippen LogP contribution in [-0.4, -0.2) is 17.9 Å². The SMILES string of the molecule is CNc1ccc(Cl)c(C(=O)NC(C)c2ccsc2)n1. The first-order valence-corrected chi connectivity index (χ1v) is 7.11. The summed E-state index contributed by atoms with van der Waals surface area (Å²) in [5.74, 6) is 0.332. The summed E-state index contributed by atoms with van der Waals surface area (Å²) in [5.41, 5.74) is 1.30. The molecule has 0 saturated carbocycles. The predicted octanol–water partition coefficient (Wildman–Crippen LogP) is 3.33. The molecular weight excluding hydrogens is 282 g/mol. The largest absolute Gasteiger partial charge is 0.373 e. The van der Waals surface area contributed by atoms with Gasteiger partial charge in [0, 0.05) is 7.05 Å². The molecule has 0 bridgehead atoms. The third-order valence-corrected chi connectivity index (χ3v) is 3.71. The third-order valence-electron chi connectivity index (χ3n) is 2.71. The molecule has 0 spiro atoms. The highest BCUT2D eigenvalue weighted by molar-refractivity contribution is 7.07. The summed E-state index contributed by atoms with van der Waals surface area (Å²) >= 11 is 7.60. The number of rotatable bonds is 4. The number of anilines is 1. The zero-order valence-corrected chi connectivity index (χ0v) is 12.2. The van der Waals surface area contributed by atoms with E-state index in [1.165, 1.54) is 0 Å². The smallest absolute Gasteiger partial charge is 0.271 e. The van der Waals surface area contributed by atoms with Crippen LogP contribution >= 0.6 is 22.9 Å². The van der Waals surface area contributed by atoms with E-state index < -0.39 is 0 Å². The summed E-state index contributed by atoms with van der Waals surface area (Å²) in [6.45, 7) is 1.93. The molecule has 6 heteroatoms. The molecule has 1 unspecified atom stereocenters. The molecule has 2 N–H and O–H groups in total. The van der Waals surface area contributed by atoms with Crippen molar-refractivity contribution in [2.24, 2.45) is 0 Å². The van der Waals surface area contributed by atoms with Gasteiger partial charge in [0.15, 0.2) is 0 Å². The summed E-state index contributed by atoms with van der Waals surface area (Å²) in [6, 6.07) is 5.29. The first kappa shape index (κ1) is 13.8. The quantitative estimate of drug-likeness (QED) is 0.910. The summed E-state index contributed by atoms with van der Waals surface area (Å²) in [6.07, 6.45) is 0. The molecule has 0 fully saturated rings. The lowest BCUT2D eigenvalue weighted by molar-refractivity contribution is 0.0935. The average molecular weight is 296 g/mol. The zero-order chi connectivity index (χ0) is 13.8. The van der Waals surface area contributed by atoms with Crippen LogP contribution in [0.4, 0.5) is 5.82 Å². The van der Waals surface area contributed by atoms with Crippen LogP contribution in [0.25, 0.3) is 0 Å². The molecule has 2 aromatic rings. The lowest BCUT2D eigenvalue weighted by Crippen LogP contribution is -2.27. The van der Waals surface area contributed by atoms with Gasteiger partial charge in [0.2, 0.25) is 0 Å². The van der Waals surface area contributed by atoms with E-state index in [9.17, 15) is 4.79 Å². The zero-order valence-electron chi connectivity index (χ0n) is 10.6. The molecule has 0 aliphatic carbocycles. The Morgan fingerprint density at radius 3 is 2.84 bits per heavy atom. The second-order valence-corrected chi connectivity index (χ2v) is 5.22. The van der Waals surface area contributed by atoms with Crippen LogP contribution in [0.3, 0.4) is 0 Å². The monoisotopic (exact) mass is 295 g/mol. The van der Waals surface area contributed by atoms with E-state index in [-0.39, 0.29) is 17.6 Å². The van der Waals surface area contributed by atoms with Gasteiger partial charge in [0.05, 0.1) is 11.1 Å². The molecule has 2 heterocycles. The lowest BCUT2D eigenvalue weighted by atomic mass is 10.2. The van der Waals surface area contributed by atoms with Gasteiger partial charge in [-0.3, -0.25) is 4.79 Å². The number of aromatic nitrogens is 1. The van der Waals surface area contributed by atoms with E-state index in [0.717, 1.165) is 5.56 Å². The topological polar surface area (TPSA) is 54.0 Å². The van der Waals surface area contributed by atoms with Crippen LogP contribution in [0.5, 0.6) is 0 Å². The van der Waals surface area contributed by atoms with Crippen LogP contribution in [-0.2, 0) is 0 Å². The summed E-state index contributed by atoms with van der Waals surface area (Å²) < 4.78 is 0. The maximum absolute atomic E-state index is 12.2. The Balaban J connectivity index is 2.16. The Bertz CT molecular complexity index is 571. The molecule has 0 aromatic carbocycles. The number of carbonyl (C=O) groups excluding carboxylic acids is 1. The molecule has 1 atom stereocenters. The summed E-state index contributed by atoms with van der Waals surface area (Å²) in [4.78, 5) is 16.3. The van der Waals surface area contributed by atoms with Gasteiger partial charge in [-0.2, -0.15) is 11.3 Å². The number of nitrogens with zero attached hydrogens (tertiary/aromatic N) is 1. The Morgan fingerprint density at radius 2 is 2.21 bits per heavy atom. The Labute approximate surface area is 120 Å². The van der Waals surface area contributed by atoms with Gasteiger partial charge in [-0.25, -0.2) is 4.98 Å². The second-order valence-electron chi connectivity index (χ2n) is 4.03. The number of hydrogen-bond acceptors (Lipinski definition) is 4. The molecule has 19 heavy (non-hydrogen) atoms. The minimum atomic E-state index is -0.277. The van der Waals surface area contributed by atoms with E-state index in [4.69, 9.17) is 11.6 Å². The maximum atomic E-state index is 12.2. The van der Waals surface area contributed by atoms with Crippen molar-refractivity contribution in [1.82, 2.24) is 10.3 Å². The summed E-state index contributed by atoms with van der Waals surface area (Å²) in [5, 5.41) is 10.1. The first-order valence-electron chi connectivity index (χ1n) is 5.79. The third kappa shape index (κ3) is 3.24. The Hall–Kier alpha value is -1.59. The van der Waals surface area contributed by atoms with Crippen molar-refractivity contribution in [1.29, 1.82) is 0 Å². The van der Waals surface area contributed by atoms with Crippen molar-refractivity contribution in [3.63, 3.8) is 0 Å². The van der Waals surface area contributed by atoms with E-state index >= 15 is 0 Å². The molecule has 0 saturated heterocycles. The number of hydrogen-bond donors (Lipinski definition) is 2. The van der Waals surface area contributed by atoms with E-state index in [1.807, 2.05) is 23.8 Å². The van der Waals surface area contributed by atoms with Gasteiger partial charge in [0.1, 0.15) is 11.5 Å². The van der Waals surface area contributed by atoms with Crippen LogP contribution in [0.2, 0.25) is 5.02 Å². The molecule has 0 aliphatic heterocycles. The highest BCUT2D eigenvalue weighted by Gasteiger charge is 2.16. The van der Waals surface area contributed by atoms with E-state index in [2.05, 4.69) is 15.6 Å². The molecule has 1 amide bonds. The fourth-order valence-electron chi connectivity index (χ4n) is 1.61. The standard InChI is InChI=1S/C13H14ClN3OS/c1-8(9-5-6-19-7-9)16-13(18)12-10(14)3-4-11(15-2)17-12/h3-8H,1-2H3,(H,15,17)(H,16,18). The van der Waals surface area contributed by atoms with Gasteiger partial charge in [-0.15, -0.1) is 0 Å². The van der Waals surface area contributed by atoms with Gasteiger partial charge in [-0.1, -0.05) is 11.6 Å². The highest BCUT2D eigenvalue weighted by atomic mass is 35.5. The number of nitrogens with one attached hydrogen (secondary N) is 2. The van der Waals surface area contributed by atoms with Crippen molar-refractivity contribution < 1.29 is 4.79 Å². The maximum Gasteiger partial charge on any atom is 0.271 e. The summed E-state index contributed by atoms with van der Waals surface area (Å²) in [7, 11) is 1.74. The number of pyridine rings is 1. The van der Waals surface area contributed by atoms with Gasteiger partial charge >= 0.3 is 0 Å². The van der Waals surface area contributed by atoms with Crippen LogP contribution in [0.1, 0.15) is 29.0 Å². The molecular formula is C13H14ClN3OS. The molecule has 4 nitrogen and oxygen atoms in total. The molecule has 0 radical (unpaired) electrons. The normalized spacial score (nSPS) is 11.9. The molecule has 2 rings (SSSR count). The molecule has 2 aromatic heterocycles. The minimum Gasteiger partial charge on any atom is -0.373 e. The lowest BCUT2D eigenvalue weighted by Gasteiger charge is -2.13. The fourth-order valence-corrected chi connectivity index (χ4v) is 2.56. The number of amides is 1. The van der Waals surface area contributed by atoms with Crippen LogP contribution < -0.4 is 10.6 Å². The highest BCUT2D eigenvalue weighted by Crippen LogP contribution is 2.19. The van der Waals surface area contributed by atoms with Gasteiger partial charge < -0.3 is 10.6 Å².